The first-order valence-electron chi connectivity index (χ1n) is 3.55. The first-order chi connectivity index (χ1) is 5.29. The van der Waals surface area contributed by atoms with E-state index in [2.05, 4.69) is 0 Å². The van der Waals surface area contributed by atoms with Gasteiger partial charge in [0.15, 0.2) is 0 Å². The molecule has 0 fully saturated rings. The molecule has 2 nitrogen and oxygen atoms in total. The smallest absolute Gasteiger partial charge is 0.303 e. The maximum Gasteiger partial charge on any atom is 0.303 e. The van der Waals surface area contributed by atoms with Crippen molar-refractivity contribution in [3.05, 3.63) is 35.9 Å². The lowest BCUT2D eigenvalue weighted by Gasteiger charge is -1.95. The molecule has 1 rings (SSSR count). The summed E-state index contributed by atoms with van der Waals surface area (Å²) >= 11 is 0. The van der Waals surface area contributed by atoms with Crippen molar-refractivity contribution in [2.75, 3.05) is 0 Å². The second kappa shape index (κ2) is 5.61. The van der Waals surface area contributed by atoms with Crippen LogP contribution in [0.3, 0.4) is 0 Å². The fraction of sp³-hybridized carbons (Fsp3) is 0.222. The third-order valence-corrected chi connectivity index (χ3v) is 1.47. The Labute approximate surface area is 77.6 Å². The van der Waals surface area contributed by atoms with E-state index in [4.69, 9.17) is 5.11 Å². The number of carbonyl (C=O) groups is 1. The Morgan fingerprint density at radius 1 is 1.25 bits per heavy atom. The van der Waals surface area contributed by atoms with Crippen molar-refractivity contribution < 1.29 is 22.3 Å². The van der Waals surface area contributed by atoms with Gasteiger partial charge in [-0.3, -0.25) is 4.79 Å². The van der Waals surface area contributed by atoms with Crippen molar-refractivity contribution >= 4 is 5.97 Å². The lowest BCUT2D eigenvalue weighted by molar-refractivity contribution is -0.136. The molecule has 0 amide bonds. The predicted molar refractivity (Wildman–Crippen MR) is 42.4 cm³/mol. The van der Waals surface area contributed by atoms with E-state index in [0.29, 0.717) is 6.42 Å². The van der Waals surface area contributed by atoms with Gasteiger partial charge in [0.1, 0.15) is 0 Å². The first kappa shape index (κ1) is 11.0. The molecule has 0 aliphatic heterocycles. The molecule has 0 aliphatic rings. The average Bonchev–Trinajstić information content (AvgIpc) is 2.03. The number of carboxylic acid groups (broad SMARTS) is 1. The van der Waals surface area contributed by atoms with Crippen LogP contribution in [0.1, 0.15) is 12.0 Å². The van der Waals surface area contributed by atoms with Crippen LogP contribution in [0.15, 0.2) is 30.3 Å². The second-order valence-electron chi connectivity index (χ2n) is 2.38. The minimum absolute atomic E-state index is 0. The highest BCUT2D eigenvalue weighted by molar-refractivity contribution is 5.67. The molecule has 1 aromatic rings. The molecular weight excluding hydrogens is 176 g/mol. The van der Waals surface area contributed by atoms with Gasteiger partial charge in [0.2, 0.25) is 0 Å². The van der Waals surface area contributed by atoms with Crippen LogP contribution in [-0.2, 0) is 11.2 Å². The molecule has 0 saturated carbocycles. The van der Waals surface area contributed by atoms with Crippen LogP contribution in [0.25, 0.3) is 0 Å². The lowest BCUT2D eigenvalue weighted by Crippen LogP contribution is -3.00. The number of carboxylic acids is 1. The monoisotopic (exact) mass is 185 g/mol. The van der Waals surface area contributed by atoms with Gasteiger partial charge in [-0.05, 0) is 12.0 Å². The Balaban J connectivity index is 0.00000121. The maximum atomic E-state index is 10.2. The van der Waals surface area contributed by atoms with E-state index < -0.39 is 5.97 Å². The molecule has 66 valence electrons. The number of hydrogen-bond acceptors (Lipinski definition) is 1. The molecule has 3 heteroatoms. The van der Waals surface area contributed by atoms with Crippen molar-refractivity contribution in [2.24, 2.45) is 0 Å². The number of aliphatic carboxylic acids is 1. The fourth-order valence-electron chi connectivity index (χ4n) is 0.896. The number of aryl methyl sites for hydroxylation is 1. The summed E-state index contributed by atoms with van der Waals surface area (Å²) in [6.45, 7) is 0. The highest BCUT2D eigenvalue weighted by Gasteiger charge is 1.96. The third kappa shape index (κ3) is 3.98. The molecule has 0 bridgehead atoms. The van der Waals surface area contributed by atoms with Crippen LogP contribution in [-0.4, -0.2) is 11.1 Å². The maximum absolute atomic E-state index is 10.2. The third-order valence-electron chi connectivity index (χ3n) is 1.47. The highest BCUT2D eigenvalue weighted by Crippen LogP contribution is 2.01. The van der Waals surface area contributed by atoms with Gasteiger partial charge in [0.25, 0.3) is 0 Å². The summed E-state index contributed by atoms with van der Waals surface area (Å²) in [6.07, 6.45) is 0.834. The number of rotatable bonds is 3. The van der Waals surface area contributed by atoms with Crippen molar-refractivity contribution in [1.29, 1.82) is 0 Å². The molecular formula is C9H10ClO2-. The van der Waals surface area contributed by atoms with Gasteiger partial charge < -0.3 is 17.5 Å². The molecule has 0 aromatic heterocycles. The lowest BCUT2D eigenvalue weighted by atomic mass is 10.1. The van der Waals surface area contributed by atoms with Gasteiger partial charge in [0.05, 0.1) is 0 Å². The Morgan fingerprint density at radius 2 is 1.83 bits per heavy atom. The van der Waals surface area contributed by atoms with Gasteiger partial charge in [-0.25, -0.2) is 0 Å². The van der Waals surface area contributed by atoms with Gasteiger partial charge in [-0.2, -0.15) is 0 Å². The van der Waals surface area contributed by atoms with E-state index >= 15 is 0 Å². The van der Waals surface area contributed by atoms with Gasteiger partial charge in [-0.15, -0.1) is 0 Å². The van der Waals surface area contributed by atoms with Crippen LogP contribution in [0.2, 0.25) is 0 Å². The average molecular weight is 186 g/mol. The summed E-state index contributed by atoms with van der Waals surface area (Å²) in [5, 5.41) is 8.37. The molecule has 0 saturated heterocycles. The summed E-state index contributed by atoms with van der Waals surface area (Å²) in [5.74, 6) is -0.742. The molecule has 0 aliphatic carbocycles. The molecule has 0 atom stereocenters. The zero-order valence-corrected chi connectivity index (χ0v) is 7.29. The summed E-state index contributed by atoms with van der Waals surface area (Å²) in [5.41, 5.74) is 1.08. The van der Waals surface area contributed by atoms with Gasteiger partial charge in [0, 0.05) is 6.42 Å². The minimum atomic E-state index is -0.742. The Hall–Kier alpha value is -1.02. The molecule has 12 heavy (non-hydrogen) atoms. The quantitative estimate of drug-likeness (QED) is 0.636. The molecule has 0 radical (unpaired) electrons. The SMILES string of the molecule is O=C(O)CCc1ccccc1.[Cl-]. The van der Waals surface area contributed by atoms with Crippen LogP contribution in [0.4, 0.5) is 0 Å². The number of halogens is 1. The Bertz CT molecular complexity index is 234. The number of benzene rings is 1. The van der Waals surface area contributed by atoms with E-state index in [-0.39, 0.29) is 18.8 Å². The van der Waals surface area contributed by atoms with Crippen LogP contribution in [0, 0.1) is 0 Å². The normalized spacial score (nSPS) is 8.67. The molecule has 0 unspecified atom stereocenters. The van der Waals surface area contributed by atoms with Gasteiger partial charge in [-0.1, -0.05) is 30.3 Å². The standard InChI is InChI=1S/C9H10O2.ClH/c10-9(11)7-6-8-4-2-1-3-5-8;/h1-5H,6-7H2,(H,10,11);1H/p-1. The predicted octanol–water partition coefficient (Wildman–Crippen LogP) is -1.29. The number of hydrogen-bond donors (Lipinski definition) is 1. The fourth-order valence-corrected chi connectivity index (χ4v) is 0.896. The molecule has 0 spiro atoms. The minimum Gasteiger partial charge on any atom is -1.00 e. The zero-order valence-electron chi connectivity index (χ0n) is 6.53. The van der Waals surface area contributed by atoms with Crippen LogP contribution < -0.4 is 12.4 Å². The van der Waals surface area contributed by atoms with E-state index in [1.807, 2.05) is 30.3 Å². The summed E-state index contributed by atoms with van der Waals surface area (Å²) in [6, 6.07) is 9.62. The van der Waals surface area contributed by atoms with Crippen LogP contribution in [0.5, 0.6) is 0 Å². The Morgan fingerprint density at radius 3 is 2.33 bits per heavy atom. The second-order valence-corrected chi connectivity index (χ2v) is 2.38. The van der Waals surface area contributed by atoms with Crippen molar-refractivity contribution in [3.63, 3.8) is 0 Å². The molecule has 1 aromatic carbocycles. The largest absolute Gasteiger partial charge is 1.00 e. The molecule has 1 N–H and O–H groups in total. The van der Waals surface area contributed by atoms with Crippen molar-refractivity contribution in [3.8, 4) is 0 Å². The summed E-state index contributed by atoms with van der Waals surface area (Å²) in [7, 11) is 0. The van der Waals surface area contributed by atoms with Crippen LogP contribution >= 0.6 is 0 Å². The van der Waals surface area contributed by atoms with Crippen molar-refractivity contribution in [2.45, 2.75) is 12.8 Å². The van der Waals surface area contributed by atoms with E-state index in [1.54, 1.807) is 0 Å². The summed E-state index contributed by atoms with van der Waals surface area (Å²) < 4.78 is 0. The highest BCUT2D eigenvalue weighted by atomic mass is 35.5. The molecule has 0 heterocycles. The van der Waals surface area contributed by atoms with E-state index in [0.717, 1.165) is 5.56 Å². The first-order valence-corrected chi connectivity index (χ1v) is 3.55. The van der Waals surface area contributed by atoms with E-state index in [1.165, 1.54) is 0 Å². The van der Waals surface area contributed by atoms with Crippen molar-refractivity contribution in [1.82, 2.24) is 0 Å². The topological polar surface area (TPSA) is 37.3 Å². The van der Waals surface area contributed by atoms with E-state index in [9.17, 15) is 4.79 Å². The zero-order chi connectivity index (χ0) is 8.10. The summed E-state index contributed by atoms with van der Waals surface area (Å²) in [4.78, 5) is 10.2. The van der Waals surface area contributed by atoms with Gasteiger partial charge >= 0.3 is 5.97 Å². The Kier molecular flexibility index (Phi) is 5.13.